The first-order valence-corrected chi connectivity index (χ1v) is 5.62. The molecule has 0 radical (unpaired) electrons. The van der Waals surface area contributed by atoms with Crippen LogP contribution in [0.2, 0.25) is 0 Å². The van der Waals surface area contributed by atoms with Crippen LogP contribution in [0.5, 0.6) is 0 Å². The van der Waals surface area contributed by atoms with E-state index in [0.29, 0.717) is 6.04 Å². The fourth-order valence-electron chi connectivity index (χ4n) is 2.84. The summed E-state index contributed by atoms with van der Waals surface area (Å²) in [6.45, 7) is 7.92. The highest BCUT2D eigenvalue weighted by atomic mass is 16.5. The molecule has 0 aliphatic carbocycles. The lowest BCUT2D eigenvalue weighted by Gasteiger charge is -2.45. The van der Waals surface area contributed by atoms with Gasteiger partial charge in [0.2, 0.25) is 0 Å². The predicted molar refractivity (Wildman–Crippen MR) is 53.8 cm³/mol. The third-order valence-corrected chi connectivity index (χ3v) is 3.51. The molecule has 2 aliphatic heterocycles. The van der Waals surface area contributed by atoms with Crippen molar-refractivity contribution < 1.29 is 4.74 Å². The van der Waals surface area contributed by atoms with Gasteiger partial charge in [-0.15, -0.1) is 0 Å². The minimum absolute atomic E-state index is 0.714. The third-order valence-electron chi connectivity index (χ3n) is 3.51. The summed E-state index contributed by atoms with van der Waals surface area (Å²) in [6.07, 6.45) is 4.00. The van der Waals surface area contributed by atoms with Crippen molar-refractivity contribution in [3.05, 3.63) is 0 Å². The molecule has 0 spiro atoms. The van der Waals surface area contributed by atoms with Gasteiger partial charge in [0.15, 0.2) is 0 Å². The average Bonchev–Trinajstić information content (AvgIpc) is 2.17. The first-order chi connectivity index (χ1) is 6.29. The van der Waals surface area contributed by atoms with Crippen molar-refractivity contribution in [1.29, 1.82) is 0 Å². The molecule has 0 aromatic carbocycles. The van der Waals surface area contributed by atoms with E-state index >= 15 is 0 Å². The molecule has 2 heteroatoms. The fraction of sp³-hybridized carbons (Fsp3) is 1.00. The molecule has 0 aromatic rings. The van der Waals surface area contributed by atoms with Crippen LogP contribution in [0.15, 0.2) is 0 Å². The topological polar surface area (TPSA) is 12.5 Å². The first kappa shape index (κ1) is 9.47. The van der Waals surface area contributed by atoms with Crippen LogP contribution in [0, 0.1) is 5.92 Å². The summed E-state index contributed by atoms with van der Waals surface area (Å²) >= 11 is 0. The highest BCUT2D eigenvalue weighted by Gasteiger charge is 2.34. The van der Waals surface area contributed by atoms with Gasteiger partial charge in [-0.25, -0.2) is 0 Å². The van der Waals surface area contributed by atoms with Gasteiger partial charge in [0.1, 0.15) is 0 Å². The molecule has 2 atom stereocenters. The zero-order chi connectivity index (χ0) is 9.26. The van der Waals surface area contributed by atoms with Crippen LogP contribution in [0.4, 0.5) is 0 Å². The van der Waals surface area contributed by atoms with Crippen LogP contribution < -0.4 is 0 Å². The van der Waals surface area contributed by atoms with E-state index in [9.17, 15) is 0 Å². The number of ether oxygens (including phenoxy) is 1. The molecule has 76 valence electrons. The Bertz CT molecular complexity index is 167. The zero-order valence-corrected chi connectivity index (χ0v) is 8.83. The second-order valence-corrected chi connectivity index (χ2v) is 4.66. The van der Waals surface area contributed by atoms with E-state index in [4.69, 9.17) is 4.74 Å². The lowest BCUT2D eigenvalue weighted by Crippen LogP contribution is -2.52. The summed E-state index contributed by atoms with van der Waals surface area (Å²) in [5.74, 6) is 0.824. The van der Waals surface area contributed by atoms with Crippen LogP contribution in [-0.2, 0) is 4.74 Å². The maximum absolute atomic E-state index is 5.54. The van der Waals surface area contributed by atoms with E-state index in [2.05, 4.69) is 18.7 Å². The van der Waals surface area contributed by atoms with Crippen LogP contribution in [-0.4, -0.2) is 36.7 Å². The molecule has 0 bridgehead atoms. The molecule has 2 nitrogen and oxygen atoms in total. The van der Waals surface area contributed by atoms with Gasteiger partial charge in [-0.05, 0) is 45.6 Å². The van der Waals surface area contributed by atoms with Gasteiger partial charge in [0.25, 0.3) is 0 Å². The third kappa shape index (κ3) is 1.89. The summed E-state index contributed by atoms with van der Waals surface area (Å²) < 4.78 is 5.54. The smallest absolute Gasteiger partial charge is 0.0509 e. The van der Waals surface area contributed by atoms with Gasteiger partial charge in [-0.2, -0.15) is 0 Å². The number of likely N-dealkylation sites (tertiary alicyclic amines) is 1. The molecule has 2 saturated heterocycles. The zero-order valence-electron chi connectivity index (χ0n) is 8.83. The van der Waals surface area contributed by atoms with E-state index in [-0.39, 0.29) is 0 Å². The van der Waals surface area contributed by atoms with Crippen molar-refractivity contribution in [2.75, 3.05) is 19.8 Å². The van der Waals surface area contributed by atoms with Crippen molar-refractivity contribution in [2.24, 2.45) is 5.92 Å². The van der Waals surface area contributed by atoms with Gasteiger partial charge in [-0.3, -0.25) is 4.90 Å². The Hall–Kier alpha value is -0.0800. The molecular weight excluding hydrogens is 162 g/mol. The number of rotatable bonds is 1. The SMILES string of the molecule is CC(C)N1CCCC2COCCC21. The largest absolute Gasteiger partial charge is 0.381 e. The predicted octanol–water partition coefficient (Wildman–Crippen LogP) is 1.90. The van der Waals surface area contributed by atoms with E-state index in [0.717, 1.165) is 25.2 Å². The van der Waals surface area contributed by atoms with Crippen LogP contribution in [0.25, 0.3) is 0 Å². The molecule has 2 heterocycles. The van der Waals surface area contributed by atoms with Crippen molar-refractivity contribution in [3.63, 3.8) is 0 Å². The van der Waals surface area contributed by atoms with Crippen molar-refractivity contribution >= 4 is 0 Å². The standard InChI is InChI=1S/C11H21NO/c1-9(2)12-6-3-4-10-8-13-7-5-11(10)12/h9-11H,3-8H2,1-2H3. The Morgan fingerprint density at radius 1 is 1.31 bits per heavy atom. The molecule has 0 saturated carbocycles. The lowest BCUT2D eigenvalue weighted by molar-refractivity contribution is -0.0458. The number of piperidine rings is 1. The second-order valence-electron chi connectivity index (χ2n) is 4.66. The van der Waals surface area contributed by atoms with E-state index in [1.54, 1.807) is 0 Å². The minimum atomic E-state index is 0.714. The maximum atomic E-state index is 5.54. The highest BCUT2D eigenvalue weighted by molar-refractivity contribution is 4.87. The molecule has 0 N–H and O–H groups in total. The number of hydrogen-bond donors (Lipinski definition) is 0. The fourth-order valence-corrected chi connectivity index (χ4v) is 2.84. The van der Waals surface area contributed by atoms with Gasteiger partial charge in [0.05, 0.1) is 6.61 Å². The Morgan fingerprint density at radius 3 is 2.92 bits per heavy atom. The molecule has 0 aromatic heterocycles. The van der Waals surface area contributed by atoms with Gasteiger partial charge >= 0.3 is 0 Å². The number of nitrogens with zero attached hydrogens (tertiary/aromatic N) is 1. The lowest BCUT2D eigenvalue weighted by atomic mass is 9.85. The molecule has 2 rings (SSSR count). The highest BCUT2D eigenvalue weighted by Crippen LogP contribution is 2.30. The monoisotopic (exact) mass is 183 g/mol. The van der Waals surface area contributed by atoms with Crippen LogP contribution in [0.1, 0.15) is 33.1 Å². The Labute approximate surface area is 81.3 Å². The van der Waals surface area contributed by atoms with Gasteiger partial charge < -0.3 is 4.74 Å². The summed E-state index contributed by atoms with van der Waals surface area (Å²) in [6, 6.07) is 1.54. The normalized spacial score (nSPS) is 36.2. The number of fused-ring (bicyclic) bond motifs is 1. The molecule has 0 amide bonds. The molecule has 13 heavy (non-hydrogen) atoms. The molecule has 2 unspecified atom stereocenters. The second kappa shape index (κ2) is 3.97. The van der Waals surface area contributed by atoms with E-state index in [1.807, 2.05) is 0 Å². The van der Waals surface area contributed by atoms with Gasteiger partial charge in [-0.1, -0.05) is 0 Å². The number of hydrogen-bond acceptors (Lipinski definition) is 2. The molecule has 2 aliphatic rings. The van der Waals surface area contributed by atoms with Crippen molar-refractivity contribution in [2.45, 2.75) is 45.2 Å². The summed E-state index contributed by atoms with van der Waals surface area (Å²) in [5.41, 5.74) is 0. The first-order valence-electron chi connectivity index (χ1n) is 5.62. The minimum Gasteiger partial charge on any atom is -0.381 e. The summed E-state index contributed by atoms with van der Waals surface area (Å²) in [4.78, 5) is 2.68. The molecule has 2 fully saturated rings. The Balaban J connectivity index is 2.02. The maximum Gasteiger partial charge on any atom is 0.0509 e. The van der Waals surface area contributed by atoms with E-state index in [1.165, 1.54) is 25.8 Å². The molecular formula is C11H21NO. The quantitative estimate of drug-likeness (QED) is 0.615. The van der Waals surface area contributed by atoms with Crippen molar-refractivity contribution in [1.82, 2.24) is 4.90 Å². The summed E-state index contributed by atoms with van der Waals surface area (Å²) in [5, 5.41) is 0. The van der Waals surface area contributed by atoms with Crippen LogP contribution in [0.3, 0.4) is 0 Å². The summed E-state index contributed by atoms with van der Waals surface area (Å²) in [7, 11) is 0. The van der Waals surface area contributed by atoms with Crippen LogP contribution >= 0.6 is 0 Å². The van der Waals surface area contributed by atoms with Gasteiger partial charge in [0, 0.05) is 18.7 Å². The van der Waals surface area contributed by atoms with Crippen molar-refractivity contribution in [3.8, 4) is 0 Å². The Morgan fingerprint density at radius 2 is 2.15 bits per heavy atom. The average molecular weight is 183 g/mol. The van der Waals surface area contributed by atoms with E-state index < -0.39 is 0 Å². The Kier molecular flexibility index (Phi) is 2.89.